The summed E-state index contributed by atoms with van der Waals surface area (Å²) < 4.78 is 7.11. The fourth-order valence-corrected chi connectivity index (χ4v) is 6.16. The Labute approximate surface area is 191 Å². The number of benzene rings is 2. The molecule has 0 spiro atoms. The lowest BCUT2D eigenvalue weighted by atomic mass is 9.84. The van der Waals surface area contributed by atoms with Crippen molar-refractivity contribution in [2.24, 2.45) is 0 Å². The van der Waals surface area contributed by atoms with Crippen LogP contribution in [0.25, 0.3) is 27.5 Å². The molecular formula is C26H25N3O2S. The van der Waals surface area contributed by atoms with Gasteiger partial charge in [0.1, 0.15) is 10.3 Å². The molecule has 0 aliphatic heterocycles. The molecule has 0 N–H and O–H groups in total. The highest BCUT2D eigenvalue weighted by molar-refractivity contribution is 8.01. The first-order valence-electron chi connectivity index (χ1n) is 11.4. The van der Waals surface area contributed by atoms with E-state index in [4.69, 9.17) is 9.72 Å². The first kappa shape index (κ1) is 19.8. The lowest BCUT2D eigenvalue weighted by Crippen LogP contribution is -2.43. The summed E-state index contributed by atoms with van der Waals surface area (Å²) in [6, 6.07) is 15.2. The number of imidazole rings is 1. The molecule has 0 saturated heterocycles. The molecule has 6 heteroatoms. The maximum atomic E-state index is 12.9. The average Bonchev–Trinajstić information content (AvgIpc) is 3.56. The van der Waals surface area contributed by atoms with E-state index in [1.54, 1.807) is 24.2 Å². The minimum atomic E-state index is -0.549. The van der Waals surface area contributed by atoms with Crippen LogP contribution in [-0.2, 0) is 9.53 Å². The highest BCUT2D eigenvalue weighted by Crippen LogP contribution is 2.50. The molecule has 32 heavy (non-hydrogen) atoms. The number of thioether (sulfide) groups is 1. The third-order valence-electron chi connectivity index (χ3n) is 6.71. The van der Waals surface area contributed by atoms with Crippen LogP contribution in [0.15, 0.2) is 60.0 Å². The van der Waals surface area contributed by atoms with Gasteiger partial charge in [-0.05, 0) is 68.0 Å². The van der Waals surface area contributed by atoms with Crippen molar-refractivity contribution in [2.75, 3.05) is 6.61 Å². The van der Waals surface area contributed by atoms with Crippen LogP contribution in [-0.4, -0.2) is 31.9 Å². The third-order valence-corrected chi connectivity index (χ3v) is 8.14. The van der Waals surface area contributed by atoms with Gasteiger partial charge in [0.15, 0.2) is 5.16 Å². The topological polar surface area (TPSA) is 57.0 Å². The predicted molar refractivity (Wildman–Crippen MR) is 127 cm³/mol. The summed E-state index contributed by atoms with van der Waals surface area (Å²) in [5, 5.41) is 3.35. The van der Waals surface area contributed by atoms with Crippen LogP contribution in [0.2, 0.25) is 0 Å². The van der Waals surface area contributed by atoms with E-state index in [0.717, 1.165) is 41.1 Å². The summed E-state index contributed by atoms with van der Waals surface area (Å²) in [7, 11) is 0. The quantitative estimate of drug-likeness (QED) is 0.341. The number of ether oxygens (including phenoxy) is 1. The van der Waals surface area contributed by atoms with Gasteiger partial charge in [0.05, 0.1) is 24.0 Å². The van der Waals surface area contributed by atoms with Gasteiger partial charge >= 0.3 is 5.97 Å². The van der Waals surface area contributed by atoms with Crippen LogP contribution in [0.4, 0.5) is 0 Å². The van der Waals surface area contributed by atoms with Crippen molar-refractivity contribution >= 4 is 39.5 Å². The first-order valence-corrected chi connectivity index (χ1v) is 12.2. The fourth-order valence-electron chi connectivity index (χ4n) is 4.75. The number of carbonyl (C=O) groups excluding carboxylic acids is 1. The van der Waals surface area contributed by atoms with E-state index in [-0.39, 0.29) is 5.97 Å². The van der Waals surface area contributed by atoms with E-state index in [2.05, 4.69) is 45.9 Å². The average molecular weight is 444 g/mol. The van der Waals surface area contributed by atoms with Crippen molar-refractivity contribution in [3.8, 4) is 5.69 Å². The van der Waals surface area contributed by atoms with Gasteiger partial charge in [-0.2, -0.15) is 0 Å². The molecule has 5 nitrogen and oxygen atoms in total. The van der Waals surface area contributed by atoms with Crippen LogP contribution < -0.4 is 0 Å². The molecule has 2 saturated carbocycles. The second-order valence-corrected chi connectivity index (χ2v) is 10.1. The van der Waals surface area contributed by atoms with Crippen molar-refractivity contribution in [3.05, 3.63) is 60.4 Å². The lowest BCUT2D eigenvalue weighted by Gasteiger charge is -2.37. The molecule has 0 amide bonds. The van der Waals surface area contributed by atoms with Gasteiger partial charge in [0.25, 0.3) is 0 Å². The van der Waals surface area contributed by atoms with Crippen LogP contribution in [0, 0.1) is 0 Å². The van der Waals surface area contributed by atoms with Gasteiger partial charge in [0.2, 0.25) is 0 Å². The zero-order chi connectivity index (χ0) is 21.7. The van der Waals surface area contributed by atoms with Gasteiger partial charge in [-0.15, -0.1) is 0 Å². The normalized spacial score (nSPS) is 17.4. The minimum absolute atomic E-state index is 0.123. The molecule has 162 valence electrons. The Hall–Kier alpha value is -2.86. The van der Waals surface area contributed by atoms with Crippen LogP contribution in [0.5, 0.6) is 0 Å². The Balaban J connectivity index is 1.55. The summed E-state index contributed by atoms with van der Waals surface area (Å²) in [6.45, 7) is 2.26. The Morgan fingerprint density at radius 3 is 2.69 bits per heavy atom. The van der Waals surface area contributed by atoms with Crippen molar-refractivity contribution < 1.29 is 9.53 Å². The molecular weight excluding hydrogens is 418 g/mol. The number of aromatic nitrogens is 3. The molecule has 6 rings (SSSR count). The van der Waals surface area contributed by atoms with Gasteiger partial charge in [-0.25, -0.2) is 4.98 Å². The summed E-state index contributed by atoms with van der Waals surface area (Å²) in [5.74, 6) is 0.551. The van der Waals surface area contributed by atoms with E-state index >= 15 is 0 Å². The van der Waals surface area contributed by atoms with Crippen molar-refractivity contribution in [1.29, 1.82) is 0 Å². The molecule has 2 heterocycles. The number of pyridine rings is 1. The second-order valence-electron chi connectivity index (χ2n) is 8.76. The molecule has 2 aliphatic rings. The third kappa shape index (κ3) is 3.12. The van der Waals surface area contributed by atoms with Crippen LogP contribution >= 0.6 is 11.8 Å². The highest BCUT2D eigenvalue weighted by atomic mass is 32.2. The summed E-state index contributed by atoms with van der Waals surface area (Å²) in [5.41, 5.74) is 4.37. The van der Waals surface area contributed by atoms with E-state index in [0.29, 0.717) is 12.5 Å². The number of hydrogen-bond acceptors (Lipinski definition) is 5. The van der Waals surface area contributed by atoms with Crippen LogP contribution in [0.1, 0.15) is 50.5 Å². The Morgan fingerprint density at radius 1 is 1.16 bits per heavy atom. The van der Waals surface area contributed by atoms with Gasteiger partial charge < -0.3 is 4.74 Å². The summed E-state index contributed by atoms with van der Waals surface area (Å²) in [4.78, 5) is 22.1. The van der Waals surface area contributed by atoms with Gasteiger partial charge in [-0.3, -0.25) is 14.3 Å². The lowest BCUT2D eigenvalue weighted by molar-refractivity contribution is -0.148. The largest absolute Gasteiger partial charge is 0.465 e. The molecule has 4 aromatic rings. The van der Waals surface area contributed by atoms with Crippen LogP contribution in [0.3, 0.4) is 0 Å². The summed E-state index contributed by atoms with van der Waals surface area (Å²) in [6.07, 6.45) is 8.82. The van der Waals surface area contributed by atoms with E-state index in [9.17, 15) is 4.79 Å². The SMILES string of the molecule is CCOC(=O)C1(Sc2nc3cnccc3n2-c2ccc(C3CC3)c3ccccc23)CCC1. The maximum Gasteiger partial charge on any atom is 0.322 e. The second kappa shape index (κ2) is 7.62. The number of carbonyl (C=O) groups is 1. The number of esters is 1. The minimum Gasteiger partial charge on any atom is -0.465 e. The monoisotopic (exact) mass is 443 g/mol. The highest BCUT2D eigenvalue weighted by Gasteiger charge is 2.48. The first-order chi connectivity index (χ1) is 15.7. The number of hydrogen-bond donors (Lipinski definition) is 0. The Kier molecular flexibility index (Phi) is 4.72. The van der Waals surface area contributed by atoms with E-state index in [1.807, 2.05) is 13.0 Å². The van der Waals surface area contributed by atoms with E-state index in [1.165, 1.54) is 29.2 Å². The van der Waals surface area contributed by atoms with Gasteiger partial charge in [-0.1, -0.05) is 42.1 Å². The standard InChI is InChI=1S/C26H25N3O2S/c1-2-31-24(30)26(13-5-14-26)32-25-28-21-16-27-15-12-23(21)29(25)22-11-10-18(17-8-9-17)19-6-3-4-7-20(19)22/h3-4,6-7,10-12,15-17H,2,5,8-9,13-14H2,1H3. The molecule has 2 aliphatic carbocycles. The Bertz CT molecular complexity index is 1340. The van der Waals surface area contributed by atoms with Gasteiger partial charge in [0, 0.05) is 11.6 Å². The summed E-state index contributed by atoms with van der Waals surface area (Å²) >= 11 is 1.55. The molecule has 2 aromatic heterocycles. The molecule has 0 radical (unpaired) electrons. The smallest absolute Gasteiger partial charge is 0.322 e. The molecule has 2 aromatic carbocycles. The molecule has 0 atom stereocenters. The molecule has 0 unspecified atom stereocenters. The molecule has 2 fully saturated rings. The van der Waals surface area contributed by atoms with Crippen molar-refractivity contribution in [2.45, 2.75) is 54.8 Å². The zero-order valence-electron chi connectivity index (χ0n) is 18.1. The number of nitrogens with zero attached hydrogens (tertiary/aromatic N) is 3. The van der Waals surface area contributed by atoms with Crippen molar-refractivity contribution in [1.82, 2.24) is 14.5 Å². The fraction of sp³-hybridized carbons (Fsp3) is 0.346. The number of rotatable bonds is 6. The maximum absolute atomic E-state index is 12.9. The van der Waals surface area contributed by atoms with Crippen molar-refractivity contribution in [3.63, 3.8) is 0 Å². The molecule has 0 bridgehead atoms. The van der Waals surface area contributed by atoms with E-state index < -0.39 is 4.75 Å². The zero-order valence-corrected chi connectivity index (χ0v) is 18.9. The number of fused-ring (bicyclic) bond motifs is 2. The predicted octanol–water partition coefficient (Wildman–Crippen LogP) is 6.03. The Morgan fingerprint density at radius 2 is 1.97 bits per heavy atom.